The zero-order chi connectivity index (χ0) is 20.3. The fourth-order valence-electron chi connectivity index (χ4n) is 3.54. The van der Waals surface area contributed by atoms with Gasteiger partial charge in [-0.25, -0.2) is 17.2 Å². The second kappa shape index (κ2) is 8.52. The van der Waals surface area contributed by atoms with E-state index < -0.39 is 21.7 Å². The number of aromatic nitrogens is 3. The number of sulfonamides is 1. The van der Waals surface area contributed by atoms with Crippen molar-refractivity contribution in [3.63, 3.8) is 0 Å². The lowest BCUT2D eigenvalue weighted by Gasteiger charge is -2.34. The van der Waals surface area contributed by atoms with Gasteiger partial charge in [0.15, 0.2) is 0 Å². The van der Waals surface area contributed by atoms with E-state index in [-0.39, 0.29) is 30.4 Å². The van der Waals surface area contributed by atoms with Crippen molar-refractivity contribution < 1.29 is 17.2 Å². The normalized spacial score (nSPS) is 16.1. The first kappa shape index (κ1) is 20.7. The van der Waals surface area contributed by atoms with Crippen LogP contribution in [-0.2, 0) is 16.6 Å². The minimum absolute atomic E-state index is 0.0412. The molecule has 7 nitrogen and oxygen atoms in total. The molecular weight excluding hydrogens is 388 g/mol. The summed E-state index contributed by atoms with van der Waals surface area (Å²) in [6.07, 6.45) is 6.55. The smallest absolute Gasteiger partial charge is 0.211 e. The first-order valence-electron chi connectivity index (χ1n) is 9.31. The third-order valence-corrected chi connectivity index (χ3v) is 6.32. The number of anilines is 1. The summed E-state index contributed by atoms with van der Waals surface area (Å²) in [5.41, 5.74) is 0.254. The van der Waals surface area contributed by atoms with Gasteiger partial charge in [-0.15, -0.1) is 10.2 Å². The van der Waals surface area contributed by atoms with E-state index in [2.05, 4.69) is 10.2 Å². The molecule has 1 fully saturated rings. The van der Waals surface area contributed by atoms with Crippen molar-refractivity contribution in [3.05, 3.63) is 42.0 Å². The molecule has 3 rings (SSSR count). The van der Waals surface area contributed by atoms with E-state index in [0.717, 1.165) is 29.5 Å². The Hall–Kier alpha value is -2.07. The van der Waals surface area contributed by atoms with E-state index in [1.54, 1.807) is 12.7 Å². The summed E-state index contributed by atoms with van der Waals surface area (Å²) in [5, 5.41) is 7.61. The molecule has 28 heavy (non-hydrogen) atoms. The van der Waals surface area contributed by atoms with E-state index in [9.17, 15) is 17.2 Å². The molecular formula is C18H25F2N5O2S. The van der Waals surface area contributed by atoms with Gasteiger partial charge < -0.3 is 9.47 Å². The van der Waals surface area contributed by atoms with Crippen LogP contribution in [0.25, 0.3) is 0 Å². The summed E-state index contributed by atoms with van der Waals surface area (Å²) in [4.78, 5) is 1.82. The van der Waals surface area contributed by atoms with Gasteiger partial charge in [0.1, 0.15) is 24.3 Å². The highest BCUT2D eigenvalue weighted by molar-refractivity contribution is 7.88. The molecule has 0 radical (unpaired) electrons. The third-order valence-electron chi connectivity index (χ3n) is 5.07. The average Bonchev–Trinajstić information content (AvgIpc) is 3.18. The van der Waals surface area contributed by atoms with Crippen LogP contribution in [0, 0.1) is 11.6 Å². The lowest BCUT2D eigenvalue weighted by atomic mass is 10.0. The molecule has 1 aromatic carbocycles. The lowest BCUT2D eigenvalue weighted by molar-refractivity contribution is 0.390. The van der Waals surface area contributed by atoms with Crippen molar-refractivity contribution in [3.8, 4) is 0 Å². The zero-order valence-corrected chi connectivity index (χ0v) is 16.9. The second-order valence-electron chi connectivity index (χ2n) is 7.12. The molecule has 2 heterocycles. The molecule has 10 heteroatoms. The summed E-state index contributed by atoms with van der Waals surface area (Å²) < 4.78 is 56.2. The van der Waals surface area contributed by atoms with Gasteiger partial charge in [0.05, 0.1) is 11.9 Å². The van der Waals surface area contributed by atoms with Gasteiger partial charge in [-0.1, -0.05) is 6.92 Å². The Bertz CT molecular complexity index is 897. The first-order valence-corrected chi connectivity index (χ1v) is 11.2. The second-order valence-corrected chi connectivity index (χ2v) is 9.10. The molecule has 0 spiro atoms. The van der Waals surface area contributed by atoms with Gasteiger partial charge in [0.2, 0.25) is 10.0 Å². The molecule has 1 aliphatic rings. The topological polar surface area (TPSA) is 71.3 Å². The Balaban J connectivity index is 1.73. The van der Waals surface area contributed by atoms with Crippen molar-refractivity contribution in [2.24, 2.45) is 0 Å². The Morgan fingerprint density at radius 2 is 1.79 bits per heavy atom. The van der Waals surface area contributed by atoms with Gasteiger partial charge in [0, 0.05) is 43.9 Å². The molecule has 1 aliphatic heterocycles. The van der Waals surface area contributed by atoms with E-state index in [4.69, 9.17) is 0 Å². The van der Waals surface area contributed by atoms with Crippen molar-refractivity contribution in [2.45, 2.75) is 38.8 Å². The molecule has 0 bridgehead atoms. The fourth-order valence-corrected chi connectivity index (χ4v) is 4.43. The molecule has 1 saturated heterocycles. The van der Waals surface area contributed by atoms with Crippen LogP contribution in [0.2, 0.25) is 0 Å². The Morgan fingerprint density at radius 3 is 2.36 bits per heavy atom. The van der Waals surface area contributed by atoms with Crippen LogP contribution in [-0.4, -0.2) is 53.4 Å². The van der Waals surface area contributed by atoms with E-state index in [0.29, 0.717) is 19.5 Å². The third kappa shape index (κ3) is 4.67. The number of nitrogens with zero attached hydrogens (tertiary/aromatic N) is 5. The summed E-state index contributed by atoms with van der Waals surface area (Å²) in [5.74, 6) is -1.13. The van der Waals surface area contributed by atoms with Crippen LogP contribution in [0.4, 0.5) is 14.5 Å². The SMILES string of the molecule is CCCN(Cc1cc(F)c(N2CCC(n3cnnc3)CC2)cc1F)S(C)(=O)=O. The molecule has 1 aromatic heterocycles. The summed E-state index contributed by atoms with van der Waals surface area (Å²) in [7, 11) is -3.49. The highest BCUT2D eigenvalue weighted by atomic mass is 32.2. The Morgan fingerprint density at radius 1 is 1.14 bits per heavy atom. The number of hydrogen-bond acceptors (Lipinski definition) is 5. The highest BCUT2D eigenvalue weighted by Crippen LogP contribution is 2.30. The van der Waals surface area contributed by atoms with Crippen LogP contribution < -0.4 is 4.90 Å². The van der Waals surface area contributed by atoms with Crippen molar-refractivity contribution in [1.82, 2.24) is 19.1 Å². The van der Waals surface area contributed by atoms with Gasteiger partial charge in [-0.2, -0.15) is 4.31 Å². The quantitative estimate of drug-likeness (QED) is 0.698. The molecule has 0 atom stereocenters. The molecule has 0 aliphatic carbocycles. The molecule has 0 N–H and O–H groups in total. The van der Waals surface area contributed by atoms with Gasteiger partial charge in [-0.05, 0) is 25.3 Å². The number of rotatable bonds is 7. The minimum Gasteiger partial charge on any atom is -0.369 e. The Labute approximate surface area is 164 Å². The van der Waals surface area contributed by atoms with Crippen LogP contribution in [0.1, 0.15) is 37.8 Å². The maximum Gasteiger partial charge on any atom is 0.211 e. The standard InChI is InChI=1S/C18H25F2N5O2S/c1-3-6-25(28(2,26)27)11-14-9-17(20)18(10-16(14)19)23-7-4-15(5-8-23)24-12-21-22-13-24/h9-10,12-13,15H,3-8,11H2,1-2H3. The van der Waals surface area contributed by atoms with Crippen molar-refractivity contribution in [1.29, 1.82) is 0 Å². The summed E-state index contributed by atoms with van der Waals surface area (Å²) in [6, 6.07) is 2.54. The van der Waals surface area contributed by atoms with E-state index in [1.807, 2.05) is 16.4 Å². The monoisotopic (exact) mass is 413 g/mol. The first-order chi connectivity index (χ1) is 13.3. The molecule has 0 unspecified atom stereocenters. The van der Waals surface area contributed by atoms with Gasteiger partial charge in [-0.3, -0.25) is 0 Å². The van der Waals surface area contributed by atoms with Crippen LogP contribution in [0.15, 0.2) is 24.8 Å². The summed E-state index contributed by atoms with van der Waals surface area (Å²) in [6.45, 7) is 3.10. The highest BCUT2D eigenvalue weighted by Gasteiger charge is 2.25. The van der Waals surface area contributed by atoms with Crippen molar-refractivity contribution in [2.75, 3.05) is 30.8 Å². The van der Waals surface area contributed by atoms with Crippen molar-refractivity contribution >= 4 is 15.7 Å². The molecule has 154 valence electrons. The van der Waals surface area contributed by atoms with Gasteiger partial charge >= 0.3 is 0 Å². The minimum atomic E-state index is -3.49. The summed E-state index contributed by atoms with van der Waals surface area (Å²) >= 11 is 0. The average molecular weight is 413 g/mol. The van der Waals surface area contributed by atoms with Gasteiger partial charge in [0.25, 0.3) is 0 Å². The Kier molecular flexibility index (Phi) is 6.29. The zero-order valence-electron chi connectivity index (χ0n) is 16.1. The molecule has 2 aromatic rings. The van der Waals surface area contributed by atoms with Crippen LogP contribution in [0.5, 0.6) is 0 Å². The predicted octanol–water partition coefficient (Wildman–Crippen LogP) is 2.57. The van der Waals surface area contributed by atoms with Crippen LogP contribution >= 0.6 is 0 Å². The number of benzene rings is 1. The number of hydrogen-bond donors (Lipinski definition) is 0. The number of halogens is 2. The molecule has 0 amide bonds. The maximum atomic E-state index is 14.7. The van der Waals surface area contributed by atoms with E-state index >= 15 is 0 Å². The fraction of sp³-hybridized carbons (Fsp3) is 0.556. The molecule has 0 saturated carbocycles. The van der Waals surface area contributed by atoms with Crippen LogP contribution in [0.3, 0.4) is 0 Å². The number of piperidine rings is 1. The predicted molar refractivity (Wildman–Crippen MR) is 102 cm³/mol. The maximum absolute atomic E-state index is 14.7. The van der Waals surface area contributed by atoms with E-state index in [1.165, 1.54) is 6.07 Å². The largest absolute Gasteiger partial charge is 0.369 e. The lowest BCUT2D eigenvalue weighted by Crippen LogP contribution is -2.35.